The van der Waals surface area contributed by atoms with E-state index >= 15 is 0 Å². The van der Waals surface area contributed by atoms with Gasteiger partial charge in [-0.15, -0.1) is 11.6 Å². The molecule has 1 aromatic rings. The Hall–Kier alpha value is -0.500. The number of hydrogen-bond acceptors (Lipinski definition) is 1. The zero-order valence-corrected chi connectivity index (χ0v) is 10.3. The molecule has 0 unspecified atom stereocenters. The minimum absolute atomic E-state index is 0.608. The lowest BCUT2D eigenvalue weighted by Gasteiger charge is -2.05. The maximum absolute atomic E-state index is 6.01. The standard InChI is InChI=1S/C12H19ClN2/c1-3-11-10(7-13)12(4-2)15(14-11)8-9-5-6-9/h9H,3-8H2,1-2H3. The monoisotopic (exact) mass is 226 g/mol. The topological polar surface area (TPSA) is 17.8 Å². The van der Waals surface area contributed by atoms with Crippen molar-refractivity contribution in [2.24, 2.45) is 5.92 Å². The lowest BCUT2D eigenvalue weighted by Crippen LogP contribution is -2.06. The molecule has 0 aromatic carbocycles. The Kier molecular flexibility index (Phi) is 3.35. The third-order valence-corrected chi connectivity index (χ3v) is 3.45. The average molecular weight is 227 g/mol. The van der Waals surface area contributed by atoms with Gasteiger partial charge in [-0.1, -0.05) is 13.8 Å². The summed E-state index contributed by atoms with van der Waals surface area (Å²) in [7, 11) is 0. The van der Waals surface area contributed by atoms with Crippen LogP contribution in [0, 0.1) is 5.92 Å². The molecule has 3 heteroatoms. The van der Waals surface area contributed by atoms with Crippen molar-refractivity contribution in [2.75, 3.05) is 0 Å². The molecule has 0 radical (unpaired) electrons. The first kappa shape index (κ1) is 11.0. The molecule has 0 bridgehead atoms. The van der Waals surface area contributed by atoms with E-state index in [1.54, 1.807) is 0 Å². The van der Waals surface area contributed by atoms with Crippen LogP contribution in [-0.2, 0) is 25.3 Å². The van der Waals surface area contributed by atoms with Gasteiger partial charge in [0.1, 0.15) is 0 Å². The Morgan fingerprint density at radius 3 is 2.53 bits per heavy atom. The Morgan fingerprint density at radius 2 is 2.07 bits per heavy atom. The van der Waals surface area contributed by atoms with Crippen LogP contribution < -0.4 is 0 Å². The van der Waals surface area contributed by atoms with Crippen molar-refractivity contribution in [1.82, 2.24) is 9.78 Å². The minimum atomic E-state index is 0.608. The second kappa shape index (κ2) is 4.56. The van der Waals surface area contributed by atoms with Gasteiger partial charge >= 0.3 is 0 Å². The van der Waals surface area contributed by atoms with Crippen LogP contribution in [0.4, 0.5) is 0 Å². The van der Waals surface area contributed by atoms with Gasteiger partial charge in [0.05, 0.1) is 11.6 Å². The van der Waals surface area contributed by atoms with Crippen molar-refractivity contribution in [3.8, 4) is 0 Å². The summed E-state index contributed by atoms with van der Waals surface area (Å²) in [6, 6.07) is 0. The highest BCUT2D eigenvalue weighted by molar-refractivity contribution is 6.17. The normalized spacial score (nSPS) is 15.9. The molecule has 0 saturated heterocycles. The summed E-state index contributed by atoms with van der Waals surface area (Å²) >= 11 is 6.01. The molecule has 0 spiro atoms. The molecule has 84 valence electrons. The van der Waals surface area contributed by atoms with Crippen LogP contribution in [-0.4, -0.2) is 9.78 Å². The van der Waals surface area contributed by atoms with Gasteiger partial charge in [-0.3, -0.25) is 4.68 Å². The first-order chi connectivity index (χ1) is 7.30. The lowest BCUT2D eigenvalue weighted by atomic mass is 10.1. The molecule has 0 amide bonds. The quantitative estimate of drug-likeness (QED) is 0.706. The van der Waals surface area contributed by atoms with Crippen molar-refractivity contribution in [1.29, 1.82) is 0 Å². The van der Waals surface area contributed by atoms with E-state index in [0.29, 0.717) is 5.88 Å². The fourth-order valence-corrected chi connectivity index (χ4v) is 2.43. The van der Waals surface area contributed by atoms with Gasteiger partial charge in [-0.25, -0.2) is 0 Å². The summed E-state index contributed by atoms with van der Waals surface area (Å²) in [4.78, 5) is 0. The van der Waals surface area contributed by atoms with E-state index in [-0.39, 0.29) is 0 Å². The van der Waals surface area contributed by atoms with E-state index in [0.717, 1.165) is 25.3 Å². The van der Waals surface area contributed by atoms with E-state index in [1.807, 2.05) is 0 Å². The minimum Gasteiger partial charge on any atom is -0.269 e. The Morgan fingerprint density at radius 1 is 1.33 bits per heavy atom. The molecule has 0 aliphatic heterocycles. The molecule has 0 atom stereocenters. The van der Waals surface area contributed by atoms with E-state index in [9.17, 15) is 0 Å². The third-order valence-electron chi connectivity index (χ3n) is 3.18. The van der Waals surface area contributed by atoms with Gasteiger partial charge in [-0.05, 0) is 31.6 Å². The number of hydrogen-bond donors (Lipinski definition) is 0. The van der Waals surface area contributed by atoms with Crippen molar-refractivity contribution < 1.29 is 0 Å². The molecule has 2 nitrogen and oxygen atoms in total. The predicted molar refractivity (Wildman–Crippen MR) is 63.3 cm³/mol. The molecule has 1 fully saturated rings. The molecule has 1 aliphatic rings. The maximum atomic E-state index is 6.01. The first-order valence-electron chi connectivity index (χ1n) is 5.93. The van der Waals surface area contributed by atoms with Gasteiger partial charge in [0, 0.05) is 17.8 Å². The molecule has 1 aromatic heterocycles. The molecule has 0 N–H and O–H groups in total. The highest BCUT2D eigenvalue weighted by Gasteiger charge is 2.24. The average Bonchev–Trinajstić information content (AvgIpc) is 2.98. The number of alkyl halides is 1. The second-order valence-electron chi connectivity index (χ2n) is 4.34. The summed E-state index contributed by atoms with van der Waals surface area (Å²) in [5, 5.41) is 4.68. The molecule has 1 aliphatic carbocycles. The SMILES string of the molecule is CCc1nn(CC2CC2)c(CC)c1CCl. The summed E-state index contributed by atoms with van der Waals surface area (Å²) in [6.07, 6.45) is 4.79. The molecular formula is C12H19ClN2. The highest BCUT2D eigenvalue weighted by atomic mass is 35.5. The van der Waals surface area contributed by atoms with Gasteiger partial charge in [0.25, 0.3) is 0 Å². The smallest absolute Gasteiger partial charge is 0.0668 e. The first-order valence-corrected chi connectivity index (χ1v) is 6.46. The van der Waals surface area contributed by atoms with Crippen LogP contribution in [0.25, 0.3) is 0 Å². The Bertz CT molecular complexity index is 340. The van der Waals surface area contributed by atoms with Crippen LogP contribution in [0.3, 0.4) is 0 Å². The van der Waals surface area contributed by atoms with Crippen LogP contribution in [0.5, 0.6) is 0 Å². The van der Waals surface area contributed by atoms with E-state index < -0.39 is 0 Å². The lowest BCUT2D eigenvalue weighted by molar-refractivity contribution is 0.537. The number of halogens is 1. The molecular weight excluding hydrogens is 208 g/mol. The third kappa shape index (κ3) is 2.20. The summed E-state index contributed by atoms with van der Waals surface area (Å²) in [5.41, 5.74) is 3.83. The molecule has 1 heterocycles. The van der Waals surface area contributed by atoms with Crippen LogP contribution in [0.1, 0.15) is 43.6 Å². The highest BCUT2D eigenvalue weighted by Crippen LogP contribution is 2.31. The predicted octanol–water partition coefficient (Wildman–Crippen LogP) is 3.16. The van der Waals surface area contributed by atoms with E-state index in [2.05, 4.69) is 23.6 Å². The van der Waals surface area contributed by atoms with E-state index in [1.165, 1.54) is 29.8 Å². The zero-order valence-electron chi connectivity index (χ0n) is 9.59. The number of rotatable bonds is 5. The summed E-state index contributed by atoms with van der Waals surface area (Å²) in [5.74, 6) is 1.49. The fourth-order valence-electron chi connectivity index (χ4n) is 2.12. The summed E-state index contributed by atoms with van der Waals surface area (Å²) < 4.78 is 2.20. The number of nitrogens with zero attached hydrogens (tertiary/aromatic N) is 2. The summed E-state index contributed by atoms with van der Waals surface area (Å²) in [6.45, 7) is 5.45. The van der Waals surface area contributed by atoms with Gasteiger partial charge < -0.3 is 0 Å². The Balaban J connectivity index is 2.29. The second-order valence-corrected chi connectivity index (χ2v) is 4.61. The fraction of sp³-hybridized carbons (Fsp3) is 0.750. The van der Waals surface area contributed by atoms with Gasteiger partial charge in [-0.2, -0.15) is 5.10 Å². The zero-order chi connectivity index (χ0) is 10.8. The Labute approximate surface area is 96.6 Å². The van der Waals surface area contributed by atoms with Crippen molar-refractivity contribution in [3.63, 3.8) is 0 Å². The van der Waals surface area contributed by atoms with Crippen LogP contribution in [0.2, 0.25) is 0 Å². The van der Waals surface area contributed by atoms with Gasteiger partial charge in [0.2, 0.25) is 0 Å². The van der Waals surface area contributed by atoms with Crippen LogP contribution in [0.15, 0.2) is 0 Å². The van der Waals surface area contributed by atoms with Crippen molar-refractivity contribution >= 4 is 11.6 Å². The van der Waals surface area contributed by atoms with Gasteiger partial charge in [0.15, 0.2) is 0 Å². The number of aromatic nitrogens is 2. The maximum Gasteiger partial charge on any atom is 0.0668 e. The molecule has 2 rings (SSSR count). The largest absolute Gasteiger partial charge is 0.269 e. The van der Waals surface area contributed by atoms with Crippen LogP contribution >= 0.6 is 11.6 Å². The number of aryl methyl sites for hydroxylation is 1. The van der Waals surface area contributed by atoms with Crippen molar-refractivity contribution in [3.05, 3.63) is 17.0 Å². The van der Waals surface area contributed by atoms with E-state index in [4.69, 9.17) is 11.6 Å². The molecule has 15 heavy (non-hydrogen) atoms. The van der Waals surface area contributed by atoms with Crippen molar-refractivity contribution in [2.45, 2.75) is 52.0 Å². The molecule has 1 saturated carbocycles.